The topological polar surface area (TPSA) is 12.0 Å². The first kappa shape index (κ1) is 11.7. The van der Waals surface area contributed by atoms with Gasteiger partial charge in [0.05, 0.1) is 0 Å². The van der Waals surface area contributed by atoms with Gasteiger partial charge in [-0.3, -0.25) is 0 Å². The predicted molar refractivity (Wildman–Crippen MR) is 81.6 cm³/mol. The van der Waals surface area contributed by atoms with Gasteiger partial charge in [-0.1, -0.05) is 24.3 Å². The maximum atomic E-state index is 3.20. The fourth-order valence-electron chi connectivity index (χ4n) is 2.40. The number of nitrogens with one attached hydrogen (secondary N) is 1. The van der Waals surface area contributed by atoms with Gasteiger partial charge >= 0.3 is 0 Å². The summed E-state index contributed by atoms with van der Waals surface area (Å²) in [5, 5.41) is 6.01. The van der Waals surface area contributed by atoms with Crippen LogP contribution in [0.15, 0.2) is 42.5 Å². The van der Waals surface area contributed by atoms with E-state index in [9.17, 15) is 0 Å². The quantitative estimate of drug-likeness (QED) is 0.689. The lowest BCUT2D eigenvalue weighted by Crippen LogP contribution is -2.08. The third kappa shape index (κ3) is 2.14. The van der Waals surface area contributed by atoms with E-state index >= 15 is 0 Å². The first-order valence-electron chi connectivity index (χ1n) is 6.43. The second-order valence-corrected chi connectivity index (χ2v) is 5.72. The fourth-order valence-corrected chi connectivity index (χ4v) is 3.48. The molecule has 0 amide bonds. The molecule has 92 valence electrons. The molecule has 0 spiro atoms. The van der Waals surface area contributed by atoms with Crippen molar-refractivity contribution in [2.45, 2.75) is 12.8 Å². The second kappa shape index (κ2) is 5.09. The molecule has 3 rings (SSSR count). The molecule has 0 radical (unpaired) electrons. The van der Waals surface area contributed by atoms with Gasteiger partial charge in [-0.2, -0.15) is 0 Å². The van der Waals surface area contributed by atoms with E-state index in [0.29, 0.717) is 0 Å². The van der Waals surface area contributed by atoms with Crippen LogP contribution in [0.2, 0.25) is 0 Å². The van der Waals surface area contributed by atoms with Crippen LogP contribution in [0.4, 0.5) is 0 Å². The van der Waals surface area contributed by atoms with E-state index in [1.165, 1.54) is 32.2 Å². The highest BCUT2D eigenvalue weighted by atomic mass is 32.1. The molecule has 3 aromatic rings. The summed E-state index contributed by atoms with van der Waals surface area (Å²) >= 11 is 1.89. The average molecular weight is 255 g/mol. The Labute approximate surface area is 111 Å². The fraction of sp³-hybridized carbons (Fsp3) is 0.250. The zero-order chi connectivity index (χ0) is 12.4. The average Bonchev–Trinajstić information content (AvgIpc) is 2.77. The molecule has 1 nitrogen and oxygen atoms in total. The highest BCUT2D eigenvalue weighted by Crippen LogP contribution is 2.34. The number of thiophene rings is 1. The van der Waals surface area contributed by atoms with Crippen LogP contribution in [0.3, 0.4) is 0 Å². The lowest BCUT2D eigenvalue weighted by atomic mass is 10.1. The summed E-state index contributed by atoms with van der Waals surface area (Å²) < 4.78 is 2.79. The molecule has 0 bridgehead atoms. The zero-order valence-corrected chi connectivity index (χ0v) is 11.4. The van der Waals surface area contributed by atoms with E-state index in [2.05, 4.69) is 47.8 Å². The summed E-state index contributed by atoms with van der Waals surface area (Å²) in [4.78, 5) is 0. The van der Waals surface area contributed by atoms with Crippen molar-refractivity contribution in [2.24, 2.45) is 0 Å². The van der Waals surface area contributed by atoms with Gasteiger partial charge in [0.25, 0.3) is 0 Å². The Bertz CT molecular complexity index is 669. The molecule has 0 unspecified atom stereocenters. The lowest BCUT2D eigenvalue weighted by Gasteiger charge is -2.01. The van der Waals surface area contributed by atoms with Crippen LogP contribution in [-0.2, 0) is 6.42 Å². The summed E-state index contributed by atoms with van der Waals surface area (Å²) in [5.74, 6) is 0. The van der Waals surface area contributed by atoms with Gasteiger partial charge in [0, 0.05) is 20.2 Å². The Morgan fingerprint density at radius 1 is 1.00 bits per heavy atom. The molecule has 0 saturated heterocycles. The van der Waals surface area contributed by atoms with E-state index in [1.807, 2.05) is 18.4 Å². The van der Waals surface area contributed by atoms with Crippen LogP contribution in [-0.4, -0.2) is 13.6 Å². The standard InChI is InChI=1S/C16H17NS/c1-17-10-4-5-12-8-9-16-14(11-12)13-6-2-3-7-15(13)18-16/h2-3,6-9,11,17H,4-5,10H2,1H3. The maximum Gasteiger partial charge on any atom is 0.0355 e. The molecule has 1 aromatic heterocycles. The van der Waals surface area contributed by atoms with E-state index in [1.54, 1.807) is 0 Å². The summed E-state index contributed by atoms with van der Waals surface area (Å²) in [5.41, 5.74) is 1.45. The summed E-state index contributed by atoms with van der Waals surface area (Å²) in [6.45, 7) is 1.09. The molecule has 1 heterocycles. The van der Waals surface area contributed by atoms with Gasteiger partial charge in [0.2, 0.25) is 0 Å². The number of rotatable bonds is 4. The highest BCUT2D eigenvalue weighted by Gasteiger charge is 2.04. The van der Waals surface area contributed by atoms with Crippen molar-refractivity contribution < 1.29 is 0 Å². The van der Waals surface area contributed by atoms with Crippen molar-refractivity contribution in [3.8, 4) is 0 Å². The molecule has 1 N–H and O–H groups in total. The van der Waals surface area contributed by atoms with Crippen LogP contribution in [0.1, 0.15) is 12.0 Å². The third-order valence-corrected chi connectivity index (χ3v) is 4.49. The summed E-state index contributed by atoms with van der Waals surface area (Å²) in [7, 11) is 2.01. The van der Waals surface area contributed by atoms with Crippen molar-refractivity contribution in [1.29, 1.82) is 0 Å². The molecule has 0 aliphatic carbocycles. The van der Waals surface area contributed by atoms with Crippen LogP contribution in [0.5, 0.6) is 0 Å². The van der Waals surface area contributed by atoms with Crippen molar-refractivity contribution in [3.63, 3.8) is 0 Å². The maximum absolute atomic E-state index is 3.20. The SMILES string of the molecule is CNCCCc1ccc2sc3ccccc3c2c1. The molecule has 0 saturated carbocycles. The monoisotopic (exact) mass is 255 g/mol. The predicted octanol–water partition coefficient (Wildman–Crippen LogP) is 4.21. The molecule has 0 fully saturated rings. The minimum absolute atomic E-state index is 1.09. The van der Waals surface area contributed by atoms with E-state index in [4.69, 9.17) is 0 Å². The molecular weight excluding hydrogens is 238 g/mol. The van der Waals surface area contributed by atoms with Crippen molar-refractivity contribution >= 4 is 31.5 Å². The Kier molecular flexibility index (Phi) is 3.31. The van der Waals surface area contributed by atoms with Crippen LogP contribution >= 0.6 is 11.3 Å². The minimum atomic E-state index is 1.09. The van der Waals surface area contributed by atoms with Crippen LogP contribution in [0, 0.1) is 0 Å². The Balaban J connectivity index is 2.02. The van der Waals surface area contributed by atoms with Gasteiger partial charge in [0.1, 0.15) is 0 Å². The van der Waals surface area contributed by atoms with Crippen molar-refractivity contribution in [2.75, 3.05) is 13.6 Å². The minimum Gasteiger partial charge on any atom is -0.320 e. The number of hydrogen-bond donors (Lipinski definition) is 1. The molecule has 2 heteroatoms. The number of fused-ring (bicyclic) bond motifs is 3. The number of benzene rings is 2. The Morgan fingerprint density at radius 3 is 2.72 bits per heavy atom. The number of hydrogen-bond acceptors (Lipinski definition) is 2. The first-order chi connectivity index (χ1) is 8.88. The first-order valence-corrected chi connectivity index (χ1v) is 7.25. The summed E-state index contributed by atoms with van der Waals surface area (Å²) in [6.07, 6.45) is 2.35. The largest absolute Gasteiger partial charge is 0.320 e. The summed E-state index contributed by atoms with van der Waals surface area (Å²) in [6, 6.07) is 15.6. The van der Waals surface area contributed by atoms with Crippen LogP contribution < -0.4 is 5.32 Å². The lowest BCUT2D eigenvalue weighted by molar-refractivity contribution is 0.725. The smallest absolute Gasteiger partial charge is 0.0355 e. The Morgan fingerprint density at radius 2 is 1.83 bits per heavy atom. The van der Waals surface area contributed by atoms with Crippen molar-refractivity contribution in [1.82, 2.24) is 5.32 Å². The molecule has 18 heavy (non-hydrogen) atoms. The van der Waals surface area contributed by atoms with E-state index < -0.39 is 0 Å². The van der Waals surface area contributed by atoms with E-state index in [-0.39, 0.29) is 0 Å². The highest BCUT2D eigenvalue weighted by molar-refractivity contribution is 7.25. The van der Waals surface area contributed by atoms with Gasteiger partial charge in [-0.05, 0) is 50.2 Å². The zero-order valence-electron chi connectivity index (χ0n) is 10.6. The molecule has 2 aromatic carbocycles. The van der Waals surface area contributed by atoms with Crippen LogP contribution in [0.25, 0.3) is 20.2 Å². The molecule has 0 atom stereocenters. The normalized spacial score (nSPS) is 11.4. The van der Waals surface area contributed by atoms with Gasteiger partial charge in [-0.25, -0.2) is 0 Å². The molecule has 0 aliphatic heterocycles. The second-order valence-electron chi connectivity index (χ2n) is 4.64. The van der Waals surface area contributed by atoms with E-state index in [0.717, 1.165) is 13.0 Å². The molecular formula is C16H17NS. The number of aryl methyl sites for hydroxylation is 1. The van der Waals surface area contributed by atoms with Crippen molar-refractivity contribution in [3.05, 3.63) is 48.0 Å². The van der Waals surface area contributed by atoms with Gasteiger partial charge in [-0.15, -0.1) is 11.3 Å². The third-order valence-electron chi connectivity index (χ3n) is 3.33. The van der Waals surface area contributed by atoms with Gasteiger partial charge < -0.3 is 5.32 Å². The Hall–Kier alpha value is -1.38. The molecule has 0 aliphatic rings. The van der Waals surface area contributed by atoms with Gasteiger partial charge in [0.15, 0.2) is 0 Å².